The first-order chi connectivity index (χ1) is 12.0. The summed E-state index contributed by atoms with van der Waals surface area (Å²) in [4.78, 5) is 0. The number of aromatic hydroxyl groups is 2. The van der Waals surface area contributed by atoms with E-state index < -0.39 is 0 Å². The normalized spacial score (nSPS) is 19.8. The van der Waals surface area contributed by atoms with Gasteiger partial charge >= 0.3 is 0 Å². The van der Waals surface area contributed by atoms with E-state index in [1.807, 2.05) is 0 Å². The van der Waals surface area contributed by atoms with Gasteiger partial charge in [-0.2, -0.15) is 0 Å². The van der Waals surface area contributed by atoms with E-state index in [-0.39, 0.29) is 11.5 Å². The second-order valence-corrected chi connectivity index (χ2v) is 9.19. The minimum Gasteiger partial charge on any atom is -0.504 e. The van der Waals surface area contributed by atoms with E-state index in [0.29, 0.717) is 10.8 Å². The quantitative estimate of drug-likeness (QED) is 0.354. The van der Waals surface area contributed by atoms with Gasteiger partial charge in [-0.25, -0.2) is 0 Å². The Bertz CT molecular complexity index is 582. The van der Waals surface area contributed by atoms with E-state index >= 15 is 0 Å². The Kier molecular flexibility index (Phi) is 5.65. The maximum Gasteiger partial charge on any atom is 0.157 e. The van der Waals surface area contributed by atoms with Crippen LogP contribution in [0.3, 0.4) is 0 Å². The van der Waals surface area contributed by atoms with E-state index in [2.05, 4.69) is 13.8 Å². The molecule has 0 unspecified atom stereocenters. The van der Waals surface area contributed by atoms with Gasteiger partial charge in [-0.15, -0.1) is 0 Å². The molecule has 1 aromatic rings. The molecular weight excluding hydrogens is 308 g/mol. The molecule has 2 heteroatoms. The van der Waals surface area contributed by atoms with Crippen LogP contribution in [0.1, 0.15) is 95.6 Å². The predicted octanol–water partition coefficient (Wildman–Crippen LogP) is 6.51. The summed E-state index contributed by atoms with van der Waals surface area (Å²) in [5.41, 5.74) is 3.80. The third kappa shape index (κ3) is 5.15. The van der Waals surface area contributed by atoms with E-state index in [0.717, 1.165) is 12.8 Å². The highest BCUT2D eigenvalue weighted by atomic mass is 16.3. The minimum atomic E-state index is 0.0378. The van der Waals surface area contributed by atoms with Gasteiger partial charge in [-0.1, -0.05) is 33.1 Å². The van der Waals surface area contributed by atoms with E-state index in [1.54, 1.807) is 12.1 Å². The van der Waals surface area contributed by atoms with E-state index in [9.17, 15) is 10.2 Å². The summed E-state index contributed by atoms with van der Waals surface area (Å²) in [7, 11) is 0. The van der Waals surface area contributed by atoms with Crippen molar-refractivity contribution >= 4 is 0 Å². The molecule has 0 amide bonds. The molecule has 0 bridgehead atoms. The first-order valence-corrected chi connectivity index (χ1v) is 10.5. The summed E-state index contributed by atoms with van der Waals surface area (Å²) in [5.74, 6) is 0.0762. The van der Waals surface area contributed by atoms with Crippen LogP contribution >= 0.6 is 0 Å². The standard InChI is InChI=1S/C23H36O2/c1-3-23(14-15-23)11-7-5-9-19-17-21(25)20(24)16-18(19)8-4-6-10-22(2)12-13-22/h16-17,24-25H,3-15H2,1-2H3. The summed E-state index contributed by atoms with van der Waals surface area (Å²) in [5, 5.41) is 19.8. The second kappa shape index (κ2) is 7.60. The van der Waals surface area contributed by atoms with Crippen LogP contribution in [0.25, 0.3) is 0 Å². The summed E-state index contributed by atoms with van der Waals surface area (Å²) in [6, 6.07) is 3.61. The average Bonchev–Trinajstić information content (AvgIpc) is 3.51. The second-order valence-electron chi connectivity index (χ2n) is 9.19. The van der Waals surface area contributed by atoms with Crippen molar-refractivity contribution in [3.8, 4) is 11.5 Å². The molecule has 0 spiro atoms. The molecule has 2 saturated carbocycles. The summed E-state index contributed by atoms with van der Waals surface area (Å²) in [6.07, 6.45) is 16.7. The lowest BCUT2D eigenvalue weighted by atomic mass is 9.92. The topological polar surface area (TPSA) is 40.5 Å². The van der Waals surface area contributed by atoms with Gasteiger partial charge in [0.1, 0.15) is 0 Å². The zero-order valence-electron chi connectivity index (χ0n) is 16.2. The van der Waals surface area contributed by atoms with Gasteiger partial charge < -0.3 is 10.2 Å². The van der Waals surface area contributed by atoms with Crippen LogP contribution in [0.5, 0.6) is 11.5 Å². The molecule has 0 atom stereocenters. The highest BCUT2D eigenvalue weighted by Gasteiger charge is 2.39. The van der Waals surface area contributed by atoms with Gasteiger partial charge in [-0.05, 0) is 98.3 Å². The zero-order chi connectivity index (χ0) is 17.9. The highest BCUT2D eigenvalue weighted by Crippen LogP contribution is 2.52. The number of hydrogen-bond donors (Lipinski definition) is 2. The number of phenolic OH excluding ortho intramolecular Hbond substituents is 2. The Hall–Kier alpha value is -1.18. The number of rotatable bonds is 11. The number of unbranched alkanes of at least 4 members (excludes halogenated alkanes) is 2. The monoisotopic (exact) mass is 344 g/mol. The Morgan fingerprint density at radius 2 is 1.32 bits per heavy atom. The first kappa shape index (κ1) is 18.6. The Morgan fingerprint density at radius 1 is 0.800 bits per heavy atom. The molecule has 1 aromatic carbocycles. The molecule has 0 heterocycles. The van der Waals surface area contributed by atoms with Crippen molar-refractivity contribution in [1.29, 1.82) is 0 Å². The highest BCUT2D eigenvalue weighted by molar-refractivity contribution is 5.45. The van der Waals surface area contributed by atoms with Gasteiger partial charge in [0.15, 0.2) is 11.5 Å². The fraction of sp³-hybridized carbons (Fsp3) is 0.739. The minimum absolute atomic E-state index is 0.0378. The number of hydrogen-bond acceptors (Lipinski definition) is 2. The lowest BCUT2D eigenvalue weighted by Crippen LogP contribution is -2.00. The molecule has 2 fully saturated rings. The number of aryl methyl sites for hydroxylation is 2. The molecule has 25 heavy (non-hydrogen) atoms. The first-order valence-electron chi connectivity index (χ1n) is 10.5. The molecule has 0 saturated heterocycles. The molecule has 2 nitrogen and oxygen atoms in total. The van der Waals surface area contributed by atoms with Gasteiger partial charge in [0, 0.05) is 0 Å². The Labute approximate surface area is 153 Å². The maximum atomic E-state index is 9.89. The van der Waals surface area contributed by atoms with Crippen molar-refractivity contribution in [2.45, 2.75) is 97.3 Å². The summed E-state index contributed by atoms with van der Waals surface area (Å²) >= 11 is 0. The SMILES string of the molecule is CCC1(CCCCc2cc(O)c(O)cc2CCCCC2(C)CC2)CC1. The smallest absolute Gasteiger partial charge is 0.157 e. The van der Waals surface area contributed by atoms with Gasteiger partial charge in [0.2, 0.25) is 0 Å². The molecule has 3 rings (SSSR count). The fourth-order valence-electron chi connectivity index (χ4n) is 4.23. The third-order valence-corrected chi connectivity index (χ3v) is 6.99. The van der Waals surface area contributed by atoms with Crippen molar-refractivity contribution < 1.29 is 10.2 Å². The fourth-order valence-corrected chi connectivity index (χ4v) is 4.23. The van der Waals surface area contributed by atoms with Crippen LogP contribution in [0, 0.1) is 10.8 Å². The molecule has 0 aliphatic heterocycles. The average molecular weight is 345 g/mol. The van der Waals surface area contributed by atoms with Crippen molar-refractivity contribution in [3.63, 3.8) is 0 Å². The predicted molar refractivity (Wildman–Crippen MR) is 104 cm³/mol. The van der Waals surface area contributed by atoms with Crippen LogP contribution in [0.4, 0.5) is 0 Å². The lowest BCUT2D eigenvalue weighted by molar-refractivity contribution is 0.401. The molecule has 2 aliphatic carbocycles. The van der Waals surface area contributed by atoms with Crippen LogP contribution in [0.15, 0.2) is 12.1 Å². The van der Waals surface area contributed by atoms with Crippen LogP contribution < -0.4 is 0 Å². The van der Waals surface area contributed by atoms with Gasteiger partial charge in [-0.3, -0.25) is 0 Å². The van der Waals surface area contributed by atoms with E-state index in [4.69, 9.17) is 0 Å². The summed E-state index contributed by atoms with van der Waals surface area (Å²) < 4.78 is 0. The Morgan fingerprint density at radius 3 is 1.76 bits per heavy atom. The number of benzene rings is 1. The van der Waals surface area contributed by atoms with Crippen molar-refractivity contribution in [3.05, 3.63) is 23.3 Å². The van der Waals surface area contributed by atoms with Gasteiger partial charge in [0.05, 0.1) is 0 Å². The lowest BCUT2D eigenvalue weighted by Gasteiger charge is -2.14. The summed E-state index contributed by atoms with van der Waals surface area (Å²) in [6.45, 7) is 4.72. The number of phenols is 2. The third-order valence-electron chi connectivity index (χ3n) is 6.99. The zero-order valence-corrected chi connectivity index (χ0v) is 16.2. The largest absolute Gasteiger partial charge is 0.504 e. The van der Waals surface area contributed by atoms with E-state index in [1.165, 1.54) is 81.8 Å². The van der Waals surface area contributed by atoms with Crippen molar-refractivity contribution in [1.82, 2.24) is 0 Å². The molecule has 0 aromatic heterocycles. The van der Waals surface area contributed by atoms with Crippen molar-refractivity contribution in [2.24, 2.45) is 10.8 Å². The van der Waals surface area contributed by atoms with Gasteiger partial charge in [0.25, 0.3) is 0 Å². The molecule has 0 radical (unpaired) electrons. The van der Waals surface area contributed by atoms with Crippen LogP contribution in [-0.2, 0) is 12.8 Å². The molecule has 140 valence electrons. The Balaban J connectivity index is 1.48. The maximum absolute atomic E-state index is 9.89. The van der Waals surface area contributed by atoms with Crippen LogP contribution in [0.2, 0.25) is 0 Å². The van der Waals surface area contributed by atoms with Crippen LogP contribution in [-0.4, -0.2) is 10.2 Å². The molecule has 2 aliphatic rings. The molecule has 2 N–H and O–H groups in total. The molecular formula is C23H36O2. The van der Waals surface area contributed by atoms with Crippen molar-refractivity contribution in [2.75, 3.05) is 0 Å².